The third-order valence-electron chi connectivity index (χ3n) is 3.65. The summed E-state index contributed by atoms with van der Waals surface area (Å²) in [7, 11) is 0. The minimum Gasteiger partial charge on any atom is -0.390 e. The van der Waals surface area contributed by atoms with Crippen LogP contribution >= 0.6 is 0 Å². The van der Waals surface area contributed by atoms with E-state index in [0.29, 0.717) is 0 Å². The summed E-state index contributed by atoms with van der Waals surface area (Å²) in [5, 5.41) is 10.6. The summed E-state index contributed by atoms with van der Waals surface area (Å²) in [6, 6.07) is 8.53. The fraction of sp³-hybridized carbons (Fsp3) is 0.600. The Morgan fingerprint density at radius 1 is 1.12 bits per heavy atom. The van der Waals surface area contributed by atoms with Gasteiger partial charge in [-0.05, 0) is 25.3 Å². The first-order chi connectivity index (χ1) is 7.68. The van der Waals surface area contributed by atoms with Gasteiger partial charge in [-0.3, -0.25) is 0 Å². The zero-order chi connectivity index (χ0) is 11.4. The van der Waals surface area contributed by atoms with Gasteiger partial charge in [-0.1, -0.05) is 55.5 Å². The summed E-state index contributed by atoms with van der Waals surface area (Å²) >= 11 is 0. The lowest BCUT2D eigenvalue weighted by Crippen LogP contribution is -2.30. The number of aryl methyl sites for hydroxylation is 1. The summed E-state index contributed by atoms with van der Waals surface area (Å²) in [5.74, 6) is 0. The van der Waals surface area contributed by atoms with E-state index >= 15 is 0 Å². The lowest BCUT2D eigenvalue weighted by molar-refractivity contribution is 0.0252. The topological polar surface area (TPSA) is 20.2 Å². The minimum atomic E-state index is -0.440. The molecule has 1 aliphatic rings. The molecular formula is C15H22O. The molecule has 1 N–H and O–H groups in total. The van der Waals surface area contributed by atoms with Gasteiger partial charge < -0.3 is 5.11 Å². The van der Waals surface area contributed by atoms with Crippen molar-refractivity contribution >= 4 is 0 Å². The largest absolute Gasteiger partial charge is 0.390 e. The molecule has 0 aromatic heterocycles. The first-order valence-corrected chi connectivity index (χ1v) is 6.46. The molecule has 1 aromatic carbocycles. The van der Waals surface area contributed by atoms with Gasteiger partial charge in [0, 0.05) is 6.42 Å². The van der Waals surface area contributed by atoms with Crippen molar-refractivity contribution in [2.75, 3.05) is 0 Å². The average Bonchev–Trinajstić information content (AvgIpc) is 2.43. The van der Waals surface area contributed by atoms with Crippen LogP contribution in [0.25, 0.3) is 0 Å². The Labute approximate surface area is 98.5 Å². The van der Waals surface area contributed by atoms with Crippen molar-refractivity contribution in [1.82, 2.24) is 0 Å². The number of aliphatic hydroxyl groups is 1. The minimum absolute atomic E-state index is 0.440. The van der Waals surface area contributed by atoms with Crippen molar-refractivity contribution in [3.05, 3.63) is 35.4 Å². The molecule has 0 saturated heterocycles. The second kappa shape index (κ2) is 5.01. The Balaban J connectivity index is 2.06. The first kappa shape index (κ1) is 11.7. The van der Waals surface area contributed by atoms with Gasteiger partial charge in [0.2, 0.25) is 0 Å². The van der Waals surface area contributed by atoms with Crippen molar-refractivity contribution in [2.45, 2.75) is 57.5 Å². The SMILES string of the molecule is Cc1cccc(CC2(O)CCCCCC2)c1. The summed E-state index contributed by atoms with van der Waals surface area (Å²) in [4.78, 5) is 0. The maximum absolute atomic E-state index is 10.6. The van der Waals surface area contributed by atoms with E-state index in [2.05, 4.69) is 31.2 Å². The van der Waals surface area contributed by atoms with Crippen molar-refractivity contribution in [1.29, 1.82) is 0 Å². The molecule has 0 heterocycles. The second-order valence-electron chi connectivity index (χ2n) is 5.30. The van der Waals surface area contributed by atoms with Crippen LogP contribution in [0.3, 0.4) is 0 Å². The highest BCUT2D eigenvalue weighted by Gasteiger charge is 2.27. The molecule has 1 fully saturated rings. The highest BCUT2D eigenvalue weighted by atomic mass is 16.3. The zero-order valence-electron chi connectivity index (χ0n) is 10.2. The molecule has 2 rings (SSSR count). The van der Waals surface area contributed by atoms with Gasteiger partial charge in [0.05, 0.1) is 5.60 Å². The Bertz CT molecular complexity index is 335. The second-order valence-corrected chi connectivity index (χ2v) is 5.30. The molecule has 1 saturated carbocycles. The predicted octanol–water partition coefficient (Wildman–Crippen LogP) is 3.62. The molecule has 1 aliphatic carbocycles. The molecule has 0 amide bonds. The Morgan fingerprint density at radius 3 is 2.44 bits per heavy atom. The van der Waals surface area contributed by atoms with Crippen LogP contribution in [0, 0.1) is 6.92 Å². The van der Waals surface area contributed by atoms with Crippen molar-refractivity contribution in [3.63, 3.8) is 0 Å². The number of benzene rings is 1. The zero-order valence-corrected chi connectivity index (χ0v) is 10.2. The molecule has 0 aliphatic heterocycles. The summed E-state index contributed by atoms with van der Waals surface area (Å²) in [5.41, 5.74) is 2.13. The molecule has 1 nitrogen and oxygen atoms in total. The molecule has 0 spiro atoms. The van der Waals surface area contributed by atoms with E-state index in [-0.39, 0.29) is 0 Å². The normalized spacial score (nSPS) is 20.4. The van der Waals surface area contributed by atoms with Gasteiger partial charge in [-0.2, -0.15) is 0 Å². The van der Waals surface area contributed by atoms with Gasteiger partial charge in [-0.25, -0.2) is 0 Å². The third-order valence-corrected chi connectivity index (χ3v) is 3.65. The Hall–Kier alpha value is -0.820. The molecule has 0 atom stereocenters. The monoisotopic (exact) mass is 218 g/mol. The molecule has 1 aromatic rings. The van der Waals surface area contributed by atoms with Crippen LogP contribution < -0.4 is 0 Å². The van der Waals surface area contributed by atoms with Gasteiger partial charge >= 0.3 is 0 Å². The van der Waals surface area contributed by atoms with E-state index in [1.165, 1.54) is 36.8 Å². The lowest BCUT2D eigenvalue weighted by atomic mass is 9.87. The lowest BCUT2D eigenvalue weighted by Gasteiger charge is -2.26. The molecule has 16 heavy (non-hydrogen) atoms. The Morgan fingerprint density at radius 2 is 1.81 bits per heavy atom. The summed E-state index contributed by atoms with van der Waals surface area (Å²) in [6.07, 6.45) is 7.72. The maximum atomic E-state index is 10.6. The quantitative estimate of drug-likeness (QED) is 0.752. The average molecular weight is 218 g/mol. The molecular weight excluding hydrogens is 196 g/mol. The highest BCUT2D eigenvalue weighted by Crippen LogP contribution is 2.30. The molecule has 88 valence electrons. The standard InChI is InChI=1S/C15H22O/c1-13-7-6-8-14(11-13)12-15(16)9-4-2-3-5-10-15/h6-8,11,16H,2-5,9-10,12H2,1H3. The number of rotatable bonds is 2. The molecule has 0 bridgehead atoms. The van der Waals surface area contributed by atoms with Crippen LogP contribution in [-0.4, -0.2) is 10.7 Å². The smallest absolute Gasteiger partial charge is 0.0688 e. The van der Waals surface area contributed by atoms with Gasteiger partial charge in [0.15, 0.2) is 0 Å². The fourth-order valence-electron chi connectivity index (χ4n) is 2.77. The summed E-state index contributed by atoms with van der Waals surface area (Å²) in [6.45, 7) is 2.11. The van der Waals surface area contributed by atoms with Crippen molar-refractivity contribution < 1.29 is 5.11 Å². The van der Waals surface area contributed by atoms with Gasteiger partial charge in [0.1, 0.15) is 0 Å². The van der Waals surface area contributed by atoms with E-state index in [9.17, 15) is 5.11 Å². The van der Waals surface area contributed by atoms with E-state index < -0.39 is 5.60 Å². The van der Waals surface area contributed by atoms with Crippen LogP contribution in [0.15, 0.2) is 24.3 Å². The first-order valence-electron chi connectivity index (χ1n) is 6.46. The fourth-order valence-corrected chi connectivity index (χ4v) is 2.77. The third kappa shape index (κ3) is 3.08. The van der Waals surface area contributed by atoms with Gasteiger partial charge in [0.25, 0.3) is 0 Å². The van der Waals surface area contributed by atoms with E-state index in [1.807, 2.05) is 0 Å². The number of hydrogen-bond acceptors (Lipinski definition) is 1. The van der Waals surface area contributed by atoms with E-state index in [4.69, 9.17) is 0 Å². The van der Waals surface area contributed by atoms with Crippen LogP contribution in [0.2, 0.25) is 0 Å². The maximum Gasteiger partial charge on any atom is 0.0688 e. The Kier molecular flexibility index (Phi) is 3.65. The molecule has 1 heteroatoms. The van der Waals surface area contributed by atoms with Gasteiger partial charge in [-0.15, -0.1) is 0 Å². The predicted molar refractivity (Wildman–Crippen MR) is 67.5 cm³/mol. The molecule has 0 radical (unpaired) electrons. The molecule has 0 unspecified atom stereocenters. The van der Waals surface area contributed by atoms with Crippen molar-refractivity contribution in [3.8, 4) is 0 Å². The highest BCUT2D eigenvalue weighted by molar-refractivity contribution is 5.23. The number of hydrogen-bond donors (Lipinski definition) is 1. The van der Waals surface area contributed by atoms with E-state index in [0.717, 1.165) is 19.3 Å². The summed E-state index contributed by atoms with van der Waals surface area (Å²) < 4.78 is 0. The van der Waals surface area contributed by atoms with Crippen LogP contribution in [-0.2, 0) is 6.42 Å². The van der Waals surface area contributed by atoms with Crippen LogP contribution in [0.1, 0.15) is 49.7 Å². The van der Waals surface area contributed by atoms with Crippen LogP contribution in [0.4, 0.5) is 0 Å². The van der Waals surface area contributed by atoms with E-state index in [1.54, 1.807) is 0 Å². The van der Waals surface area contributed by atoms with Crippen molar-refractivity contribution in [2.24, 2.45) is 0 Å². The van der Waals surface area contributed by atoms with Crippen LogP contribution in [0.5, 0.6) is 0 Å².